The Morgan fingerprint density at radius 2 is 0.778 bits per heavy atom. The minimum Gasteiger partial charge on any atom is -0.480 e. The summed E-state index contributed by atoms with van der Waals surface area (Å²) in [5.41, 5.74) is -2.71. The predicted octanol–water partition coefficient (Wildman–Crippen LogP) is 5.49. The zero-order chi connectivity index (χ0) is 20.5. The molecule has 27 heavy (non-hydrogen) atoms. The largest absolute Gasteiger partial charge is 0.480 e. The van der Waals surface area contributed by atoms with Gasteiger partial charge in [-0.05, 0) is 6.42 Å². The highest BCUT2D eigenvalue weighted by molar-refractivity contribution is 6.16. The van der Waals surface area contributed by atoms with Crippen molar-refractivity contribution in [2.24, 2.45) is 5.41 Å². The Kier molecular flexibility index (Phi) is 14.6. The van der Waals surface area contributed by atoms with Gasteiger partial charge in [-0.1, -0.05) is 103 Å². The van der Waals surface area contributed by atoms with Gasteiger partial charge in [0.2, 0.25) is 0 Å². The first kappa shape index (κ1) is 25.4. The van der Waals surface area contributed by atoms with E-state index in [-0.39, 0.29) is 6.42 Å². The molecule has 0 fully saturated rings. The Bertz CT molecular complexity index is 396. The quantitative estimate of drug-likeness (QED) is 0.200. The Morgan fingerprint density at radius 1 is 0.519 bits per heavy atom. The normalized spacial score (nSPS) is 11.4. The molecule has 0 saturated heterocycles. The van der Waals surface area contributed by atoms with Gasteiger partial charge in [-0.3, -0.25) is 14.4 Å². The van der Waals surface area contributed by atoms with Crippen LogP contribution in [0.25, 0.3) is 0 Å². The monoisotopic (exact) mass is 386 g/mol. The SMILES string of the molecule is CCCCCCCCCCCCCCCCCC(C(=O)O)(C(=O)O)C(=O)O. The van der Waals surface area contributed by atoms with Gasteiger partial charge in [0, 0.05) is 0 Å². The van der Waals surface area contributed by atoms with Gasteiger partial charge in [0.25, 0.3) is 5.41 Å². The highest BCUT2D eigenvalue weighted by atomic mass is 16.4. The predicted molar refractivity (Wildman–Crippen MR) is 105 cm³/mol. The lowest BCUT2D eigenvalue weighted by Gasteiger charge is -2.19. The molecular formula is C21H38O6. The van der Waals surface area contributed by atoms with E-state index in [1.165, 1.54) is 64.2 Å². The third-order valence-electron chi connectivity index (χ3n) is 5.25. The lowest BCUT2D eigenvalue weighted by atomic mass is 9.82. The first-order valence-electron chi connectivity index (χ1n) is 10.6. The molecule has 0 aromatic heterocycles. The molecular weight excluding hydrogens is 348 g/mol. The van der Waals surface area contributed by atoms with Crippen molar-refractivity contribution in [3.05, 3.63) is 0 Å². The number of unbranched alkanes of at least 4 members (excludes halogenated alkanes) is 14. The standard InChI is InChI=1S/C21H38O6/c1-2-3-4-5-6-7-8-9-10-11-12-13-14-15-16-17-21(18(22)23,19(24)25)20(26)27/h2-17H2,1H3,(H,22,23)(H,24,25)(H,26,27). The van der Waals surface area contributed by atoms with Gasteiger partial charge in [0.1, 0.15) is 0 Å². The fraction of sp³-hybridized carbons (Fsp3) is 0.857. The van der Waals surface area contributed by atoms with Crippen LogP contribution < -0.4 is 0 Å². The molecule has 0 heterocycles. The molecule has 0 saturated carbocycles. The Hall–Kier alpha value is -1.59. The van der Waals surface area contributed by atoms with Crippen LogP contribution in [0.3, 0.4) is 0 Å². The Labute approximate surface area is 163 Å². The zero-order valence-electron chi connectivity index (χ0n) is 16.9. The molecule has 0 aliphatic rings. The van der Waals surface area contributed by atoms with Crippen LogP contribution in [0.15, 0.2) is 0 Å². The molecule has 0 radical (unpaired) electrons. The van der Waals surface area contributed by atoms with Gasteiger partial charge in [-0.2, -0.15) is 0 Å². The number of hydrogen-bond donors (Lipinski definition) is 3. The van der Waals surface area contributed by atoms with Crippen molar-refractivity contribution in [1.82, 2.24) is 0 Å². The average molecular weight is 387 g/mol. The van der Waals surface area contributed by atoms with E-state index in [2.05, 4.69) is 6.92 Å². The number of carboxylic acid groups (broad SMARTS) is 3. The van der Waals surface area contributed by atoms with E-state index in [1.54, 1.807) is 0 Å². The number of carboxylic acids is 3. The Balaban J connectivity index is 3.63. The number of aliphatic carboxylic acids is 3. The van der Waals surface area contributed by atoms with E-state index in [1.807, 2.05) is 0 Å². The summed E-state index contributed by atoms with van der Waals surface area (Å²) in [6.07, 6.45) is 16.7. The van der Waals surface area contributed by atoms with Crippen molar-refractivity contribution in [3.8, 4) is 0 Å². The van der Waals surface area contributed by atoms with Crippen LogP contribution in [0.4, 0.5) is 0 Å². The van der Waals surface area contributed by atoms with Crippen molar-refractivity contribution in [1.29, 1.82) is 0 Å². The smallest absolute Gasteiger partial charge is 0.332 e. The van der Waals surface area contributed by atoms with Crippen LogP contribution in [0.5, 0.6) is 0 Å². The second-order valence-corrected chi connectivity index (χ2v) is 7.52. The summed E-state index contributed by atoms with van der Waals surface area (Å²) in [4.78, 5) is 33.4. The van der Waals surface area contributed by atoms with Gasteiger partial charge >= 0.3 is 17.9 Å². The molecule has 0 amide bonds. The van der Waals surface area contributed by atoms with Crippen molar-refractivity contribution >= 4 is 17.9 Å². The third-order valence-corrected chi connectivity index (χ3v) is 5.25. The van der Waals surface area contributed by atoms with E-state index in [9.17, 15) is 14.4 Å². The van der Waals surface area contributed by atoms with Crippen LogP contribution in [0.1, 0.15) is 110 Å². The highest BCUT2D eigenvalue weighted by Gasteiger charge is 2.53. The van der Waals surface area contributed by atoms with Gasteiger partial charge in [-0.25, -0.2) is 0 Å². The van der Waals surface area contributed by atoms with E-state index >= 15 is 0 Å². The van der Waals surface area contributed by atoms with Crippen LogP contribution in [-0.2, 0) is 14.4 Å². The van der Waals surface area contributed by atoms with Crippen LogP contribution in [0, 0.1) is 5.41 Å². The molecule has 0 aliphatic heterocycles. The van der Waals surface area contributed by atoms with Gasteiger partial charge in [0.15, 0.2) is 0 Å². The molecule has 0 atom stereocenters. The molecule has 0 aromatic rings. The molecule has 0 rings (SSSR count). The zero-order valence-corrected chi connectivity index (χ0v) is 16.9. The molecule has 0 bridgehead atoms. The second kappa shape index (κ2) is 15.5. The van der Waals surface area contributed by atoms with Crippen molar-refractivity contribution in [2.75, 3.05) is 0 Å². The molecule has 0 unspecified atom stereocenters. The molecule has 6 heteroatoms. The number of hydrogen-bond acceptors (Lipinski definition) is 3. The maximum Gasteiger partial charge on any atom is 0.332 e. The molecule has 0 spiro atoms. The highest BCUT2D eigenvalue weighted by Crippen LogP contribution is 2.27. The third kappa shape index (κ3) is 10.4. The lowest BCUT2D eigenvalue weighted by molar-refractivity contribution is -0.176. The van der Waals surface area contributed by atoms with Gasteiger partial charge < -0.3 is 15.3 Å². The molecule has 0 aliphatic carbocycles. The van der Waals surface area contributed by atoms with Crippen LogP contribution in [-0.4, -0.2) is 33.2 Å². The van der Waals surface area contributed by atoms with E-state index in [4.69, 9.17) is 15.3 Å². The van der Waals surface area contributed by atoms with Gasteiger partial charge in [0.05, 0.1) is 0 Å². The maximum atomic E-state index is 11.1. The fourth-order valence-electron chi connectivity index (χ4n) is 3.36. The molecule has 6 nitrogen and oxygen atoms in total. The molecule has 0 aromatic carbocycles. The molecule has 3 N–H and O–H groups in total. The molecule has 158 valence electrons. The summed E-state index contributed by atoms with van der Waals surface area (Å²) in [6.45, 7) is 2.23. The summed E-state index contributed by atoms with van der Waals surface area (Å²) < 4.78 is 0. The van der Waals surface area contributed by atoms with Crippen molar-refractivity contribution in [3.63, 3.8) is 0 Å². The van der Waals surface area contributed by atoms with Crippen molar-refractivity contribution in [2.45, 2.75) is 110 Å². The van der Waals surface area contributed by atoms with E-state index in [0.717, 1.165) is 19.3 Å². The van der Waals surface area contributed by atoms with Crippen LogP contribution >= 0.6 is 0 Å². The average Bonchev–Trinajstić information content (AvgIpc) is 2.60. The summed E-state index contributed by atoms with van der Waals surface area (Å²) >= 11 is 0. The minimum atomic E-state index is -2.71. The summed E-state index contributed by atoms with van der Waals surface area (Å²) in [6, 6.07) is 0. The van der Waals surface area contributed by atoms with Crippen molar-refractivity contribution < 1.29 is 29.7 Å². The maximum absolute atomic E-state index is 11.1. The summed E-state index contributed by atoms with van der Waals surface area (Å²) in [7, 11) is 0. The summed E-state index contributed by atoms with van der Waals surface area (Å²) in [5, 5.41) is 27.1. The van der Waals surface area contributed by atoms with E-state index in [0.29, 0.717) is 12.8 Å². The second-order valence-electron chi connectivity index (χ2n) is 7.52. The first-order valence-corrected chi connectivity index (χ1v) is 10.6. The topological polar surface area (TPSA) is 112 Å². The first-order chi connectivity index (χ1) is 12.9. The van der Waals surface area contributed by atoms with Crippen LogP contribution in [0.2, 0.25) is 0 Å². The fourth-order valence-corrected chi connectivity index (χ4v) is 3.36. The van der Waals surface area contributed by atoms with E-state index < -0.39 is 23.3 Å². The summed E-state index contributed by atoms with van der Waals surface area (Å²) in [5.74, 6) is -5.39. The number of rotatable bonds is 19. The number of carbonyl (C=O) groups is 3. The lowest BCUT2D eigenvalue weighted by Crippen LogP contribution is -2.46. The minimum absolute atomic E-state index is 0.295. The Morgan fingerprint density at radius 3 is 1.04 bits per heavy atom. The van der Waals surface area contributed by atoms with Gasteiger partial charge in [-0.15, -0.1) is 0 Å².